The molecule has 1 aliphatic carbocycles. The van der Waals surface area contributed by atoms with Crippen molar-refractivity contribution in [2.24, 2.45) is 4.99 Å². The number of aliphatic imine (C=N–C) groups is 1. The van der Waals surface area contributed by atoms with Gasteiger partial charge in [0.1, 0.15) is 5.82 Å². The largest absolute Gasteiger partial charge is 0.412 e. The molecule has 3 aliphatic rings. The molecule has 4 rings (SSSR count). The zero-order chi connectivity index (χ0) is 25.0. The third-order valence-electron chi connectivity index (χ3n) is 7.13. The third-order valence-corrected chi connectivity index (χ3v) is 7.13. The topological polar surface area (TPSA) is 99.3 Å². The quantitative estimate of drug-likeness (QED) is 0.331. The smallest absolute Gasteiger partial charge is 0.212 e. The predicted octanol–water partition coefficient (Wildman–Crippen LogP) is 3.61. The van der Waals surface area contributed by atoms with Crippen molar-refractivity contribution in [1.29, 1.82) is 0 Å². The average Bonchev–Trinajstić information content (AvgIpc) is 3.43. The van der Waals surface area contributed by atoms with E-state index < -0.39 is 5.95 Å². The number of halogens is 1. The van der Waals surface area contributed by atoms with Crippen LogP contribution in [0.15, 0.2) is 34.8 Å². The third kappa shape index (κ3) is 8.71. The molecule has 0 aromatic carbocycles. The van der Waals surface area contributed by atoms with E-state index >= 15 is 0 Å². The molecule has 3 heterocycles. The van der Waals surface area contributed by atoms with Crippen molar-refractivity contribution in [3.8, 4) is 0 Å². The van der Waals surface area contributed by atoms with Crippen LogP contribution in [-0.2, 0) is 6.54 Å². The Bertz CT molecular complexity index is 809. The van der Waals surface area contributed by atoms with E-state index in [1.165, 1.54) is 43.9 Å². The second-order valence-electron chi connectivity index (χ2n) is 9.63. The minimum atomic E-state index is -0.417. The summed E-state index contributed by atoms with van der Waals surface area (Å²) in [5, 5.41) is 11.0. The summed E-state index contributed by atoms with van der Waals surface area (Å²) < 4.78 is 13.1. The molecule has 206 valence electrons. The second kappa shape index (κ2) is 15.8. The molecule has 2 aliphatic heterocycles. The number of pyridine rings is 1. The van der Waals surface area contributed by atoms with E-state index in [9.17, 15) is 4.39 Å². The van der Waals surface area contributed by atoms with Gasteiger partial charge in [0.2, 0.25) is 5.95 Å². The number of nitrogens with one attached hydrogen (secondary N) is 3. The molecule has 2 fully saturated rings. The standard InChI is InChI=1S/C25H40FN7.C2H6.H2O.H2/c1-3-4-13-27-25-29-17-22(32(2)21-7-5-6-8-21)24(31-25)30-20-11-14-33(15-12-20)18-19-9-10-23(26)28-16-19;1-2;;/h9-10,16-17,20-21,25,27,30-31H,3-8,11-15,18H2,1-2H3;1-2H3;1H2;1H. The lowest BCUT2D eigenvalue weighted by molar-refractivity contribution is 0.192. The summed E-state index contributed by atoms with van der Waals surface area (Å²) in [5.41, 5.74) is 2.24. The van der Waals surface area contributed by atoms with Crippen molar-refractivity contribution < 1.29 is 11.3 Å². The number of aromatic nitrogens is 1. The molecule has 36 heavy (non-hydrogen) atoms. The highest BCUT2D eigenvalue weighted by Gasteiger charge is 2.28. The number of nitrogens with zero attached hydrogens (tertiary/aromatic N) is 4. The van der Waals surface area contributed by atoms with Gasteiger partial charge in [-0.05, 0) is 50.3 Å². The van der Waals surface area contributed by atoms with E-state index in [0.29, 0.717) is 12.1 Å². The first-order valence-corrected chi connectivity index (χ1v) is 13.7. The van der Waals surface area contributed by atoms with Crippen LogP contribution < -0.4 is 16.0 Å². The summed E-state index contributed by atoms with van der Waals surface area (Å²) in [6.07, 6.45) is 13.2. The lowest BCUT2D eigenvalue weighted by Gasteiger charge is -2.37. The maximum atomic E-state index is 13.1. The van der Waals surface area contributed by atoms with Gasteiger partial charge in [0.05, 0.1) is 11.9 Å². The monoisotopic (exact) mass is 507 g/mol. The highest BCUT2D eigenvalue weighted by atomic mass is 19.1. The summed E-state index contributed by atoms with van der Waals surface area (Å²) in [6, 6.07) is 4.30. The molecule has 9 heteroatoms. The molecule has 1 aromatic rings. The summed E-state index contributed by atoms with van der Waals surface area (Å²) in [6.45, 7) is 10.0. The van der Waals surface area contributed by atoms with Gasteiger partial charge in [0.15, 0.2) is 6.29 Å². The van der Waals surface area contributed by atoms with Crippen LogP contribution in [0.4, 0.5) is 4.39 Å². The van der Waals surface area contributed by atoms with Gasteiger partial charge in [-0.15, -0.1) is 0 Å². The fraction of sp³-hybridized carbons (Fsp3) is 0.704. The summed E-state index contributed by atoms with van der Waals surface area (Å²) in [7, 11) is 2.21. The van der Waals surface area contributed by atoms with E-state index in [4.69, 9.17) is 4.99 Å². The maximum Gasteiger partial charge on any atom is 0.212 e. The lowest BCUT2D eigenvalue weighted by atomic mass is 10.0. The number of hydrogen-bond donors (Lipinski definition) is 3. The minimum absolute atomic E-state index is 0. The molecule has 1 atom stereocenters. The van der Waals surface area contributed by atoms with Crippen molar-refractivity contribution >= 4 is 6.21 Å². The Morgan fingerprint density at radius 3 is 2.53 bits per heavy atom. The highest BCUT2D eigenvalue weighted by Crippen LogP contribution is 2.26. The fourth-order valence-corrected chi connectivity index (χ4v) is 5.05. The number of hydrogen-bond acceptors (Lipinski definition) is 7. The fourth-order valence-electron chi connectivity index (χ4n) is 5.05. The van der Waals surface area contributed by atoms with Gasteiger partial charge >= 0.3 is 0 Å². The molecular formula is C27H50FN7O. The SMILES string of the molecule is CC.CCCCNC1N=CC(N(C)C2CCCC2)=C(NC2CCN(Cc3ccc(F)nc3)CC2)N1.O.[HH]. The predicted molar refractivity (Wildman–Crippen MR) is 148 cm³/mol. The van der Waals surface area contributed by atoms with Gasteiger partial charge in [-0.3, -0.25) is 15.2 Å². The van der Waals surface area contributed by atoms with E-state index in [1.54, 1.807) is 6.20 Å². The zero-order valence-corrected chi connectivity index (χ0v) is 22.7. The van der Waals surface area contributed by atoms with Crippen molar-refractivity contribution in [2.45, 2.75) is 97.1 Å². The van der Waals surface area contributed by atoms with Crippen LogP contribution in [-0.4, -0.2) is 71.5 Å². The Morgan fingerprint density at radius 1 is 1.17 bits per heavy atom. The number of likely N-dealkylation sites (tertiary alicyclic amines) is 1. The molecule has 5 N–H and O–H groups in total. The van der Waals surface area contributed by atoms with Crippen molar-refractivity contribution in [3.05, 3.63) is 41.4 Å². The van der Waals surface area contributed by atoms with E-state index in [2.05, 4.69) is 50.9 Å². The summed E-state index contributed by atoms with van der Waals surface area (Å²) in [5.74, 6) is 0.689. The summed E-state index contributed by atoms with van der Waals surface area (Å²) in [4.78, 5) is 13.4. The number of unbranched alkanes of at least 4 members (excludes halogenated alkanes) is 1. The first-order valence-electron chi connectivity index (χ1n) is 13.7. The van der Waals surface area contributed by atoms with Crippen LogP contribution in [0, 0.1) is 5.95 Å². The van der Waals surface area contributed by atoms with Crippen LogP contribution in [0.3, 0.4) is 0 Å². The molecule has 0 bridgehead atoms. The van der Waals surface area contributed by atoms with Crippen LogP contribution in [0.2, 0.25) is 0 Å². The molecular weight excluding hydrogens is 457 g/mol. The Kier molecular flexibility index (Phi) is 13.2. The molecule has 1 saturated heterocycles. The second-order valence-corrected chi connectivity index (χ2v) is 9.63. The Balaban J connectivity index is 0.00000167. The maximum absolute atomic E-state index is 13.1. The number of allylic oxidation sites excluding steroid dienone is 1. The first-order chi connectivity index (χ1) is 17.1. The van der Waals surface area contributed by atoms with Gasteiger partial charge in [-0.2, -0.15) is 4.39 Å². The van der Waals surface area contributed by atoms with Crippen LogP contribution in [0.25, 0.3) is 0 Å². The van der Waals surface area contributed by atoms with Gasteiger partial charge < -0.3 is 21.0 Å². The van der Waals surface area contributed by atoms with Gasteiger partial charge in [0.25, 0.3) is 0 Å². The van der Waals surface area contributed by atoms with E-state index in [0.717, 1.165) is 56.8 Å². The molecule has 0 radical (unpaired) electrons. The molecule has 1 saturated carbocycles. The Morgan fingerprint density at radius 2 is 1.89 bits per heavy atom. The normalized spacial score (nSPS) is 20.9. The van der Waals surface area contributed by atoms with Gasteiger partial charge in [-0.1, -0.05) is 46.1 Å². The van der Waals surface area contributed by atoms with Crippen LogP contribution in [0.1, 0.15) is 79.1 Å². The lowest BCUT2D eigenvalue weighted by Crippen LogP contribution is -2.52. The van der Waals surface area contributed by atoms with Crippen molar-refractivity contribution in [1.82, 2.24) is 30.7 Å². The Hall–Kier alpha value is -2.23. The number of rotatable bonds is 10. The number of piperidine rings is 1. The van der Waals surface area contributed by atoms with Gasteiger partial charge in [0, 0.05) is 46.4 Å². The Labute approximate surface area is 218 Å². The van der Waals surface area contributed by atoms with Crippen LogP contribution in [0.5, 0.6) is 0 Å². The molecule has 1 unspecified atom stereocenters. The van der Waals surface area contributed by atoms with Crippen LogP contribution >= 0.6 is 0 Å². The highest BCUT2D eigenvalue weighted by molar-refractivity contribution is 5.79. The van der Waals surface area contributed by atoms with E-state index in [1.807, 2.05) is 19.9 Å². The van der Waals surface area contributed by atoms with E-state index in [-0.39, 0.29) is 13.2 Å². The summed E-state index contributed by atoms with van der Waals surface area (Å²) >= 11 is 0. The zero-order valence-electron chi connectivity index (χ0n) is 22.7. The van der Waals surface area contributed by atoms with Gasteiger partial charge in [-0.25, -0.2) is 4.98 Å². The minimum Gasteiger partial charge on any atom is -0.412 e. The molecule has 8 nitrogen and oxygen atoms in total. The molecule has 1 aromatic heterocycles. The van der Waals surface area contributed by atoms with Crippen molar-refractivity contribution in [3.63, 3.8) is 0 Å². The average molecular weight is 508 g/mol. The first kappa shape index (κ1) is 30.0. The molecule has 0 amide bonds. The van der Waals surface area contributed by atoms with Crippen molar-refractivity contribution in [2.75, 3.05) is 26.7 Å². The molecule has 0 spiro atoms.